The van der Waals surface area contributed by atoms with Crippen LogP contribution in [-0.4, -0.2) is 26.1 Å². The first-order valence-corrected chi connectivity index (χ1v) is 9.47. The maximum atomic E-state index is 12.9. The Morgan fingerprint density at radius 2 is 2.05 bits per heavy atom. The number of amides is 1. The largest absolute Gasteiger partial charge is 0.304 e. The van der Waals surface area contributed by atoms with E-state index in [-0.39, 0.29) is 17.6 Å². The zero-order valence-corrected chi connectivity index (χ0v) is 14.3. The minimum Gasteiger partial charge on any atom is -0.304 e. The van der Waals surface area contributed by atoms with E-state index in [4.69, 9.17) is 11.6 Å². The van der Waals surface area contributed by atoms with E-state index < -0.39 is 15.9 Å². The Kier molecular flexibility index (Phi) is 5.29. The van der Waals surface area contributed by atoms with Crippen LogP contribution < -0.4 is 4.90 Å². The van der Waals surface area contributed by atoms with Crippen LogP contribution in [0.15, 0.2) is 35.7 Å². The van der Waals surface area contributed by atoms with E-state index in [1.807, 2.05) is 13.8 Å². The number of carbonyl (C=O) groups excluding carboxylic acids is 1. The molecule has 2 rings (SSSR count). The summed E-state index contributed by atoms with van der Waals surface area (Å²) in [5.41, 5.74) is 0.635. The molecule has 1 unspecified atom stereocenters. The fourth-order valence-electron chi connectivity index (χ4n) is 2.66. The summed E-state index contributed by atoms with van der Waals surface area (Å²) in [5.74, 6) is -0.263. The third-order valence-electron chi connectivity index (χ3n) is 3.90. The van der Waals surface area contributed by atoms with Crippen LogP contribution in [0.1, 0.15) is 26.7 Å². The molecule has 1 aromatic rings. The van der Waals surface area contributed by atoms with Crippen LogP contribution in [0.4, 0.5) is 5.69 Å². The van der Waals surface area contributed by atoms with E-state index in [0.717, 1.165) is 12.8 Å². The van der Waals surface area contributed by atoms with Crippen molar-refractivity contribution in [2.24, 2.45) is 5.92 Å². The molecule has 120 valence electrons. The first-order chi connectivity index (χ1) is 10.4. The van der Waals surface area contributed by atoms with Gasteiger partial charge in [0.2, 0.25) is 5.91 Å². The Hall–Kier alpha value is -1.33. The van der Waals surface area contributed by atoms with Crippen molar-refractivity contribution >= 4 is 33.0 Å². The van der Waals surface area contributed by atoms with Crippen LogP contribution in [0.3, 0.4) is 0 Å². The highest BCUT2D eigenvalue weighted by molar-refractivity contribution is 7.94. The van der Waals surface area contributed by atoms with E-state index in [0.29, 0.717) is 10.7 Å². The number of rotatable bonds is 5. The minimum atomic E-state index is -3.24. The molecule has 0 aliphatic carbocycles. The van der Waals surface area contributed by atoms with Gasteiger partial charge in [0, 0.05) is 22.0 Å². The van der Waals surface area contributed by atoms with E-state index in [1.165, 1.54) is 5.41 Å². The van der Waals surface area contributed by atoms with Crippen LogP contribution in [0.5, 0.6) is 0 Å². The van der Waals surface area contributed by atoms with Gasteiger partial charge in [-0.25, -0.2) is 8.42 Å². The number of nitrogens with zero attached hydrogens (tertiary/aromatic N) is 1. The summed E-state index contributed by atoms with van der Waals surface area (Å²) in [7, 11) is -3.24. The number of benzene rings is 1. The maximum absolute atomic E-state index is 12.9. The van der Waals surface area contributed by atoms with Crippen molar-refractivity contribution in [2.75, 3.05) is 10.7 Å². The Bertz CT molecular complexity index is 680. The molecule has 1 heterocycles. The molecule has 22 heavy (non-hydrogen) atoms. The van der Waals surface area contributed by atoms with Gasteiger partial charge in [-0.05, 0) is 37.1 Å². The lowest BCUT2D eigenvalue weighted by Gasteiger charge is -2.31. The zero-order valence-electron chi connectivity index (χ0n) is 12.7. The van der Waals surface area contributed by atoms with Crippen molar-refractivity contribution in [3.63, 3.8) is 0 Å². The van der Waals surface area contributed by atoms with Crippen molar-refractivity contribution in [3.8, 4) is 0 Å². The topological polar surface area (TPSA) is 54.5 Å². The van der Waals surface area contributed by atoms with Crippen molar-refractivity contribution in [3.05, 3.63) is 40.8 Å². The number of anilines is 1. The molecule has 1 aliphatic rings. The summed E-state index contributed by atoms with van der Waals surface area (Å²) in [6.45, 7) is 3.92. The first-order valence-electron chi connectivity index (χ1n) is 7.37. The van der Waals surface area contributed by atoms with Gasteiger partial charge >= 0.3 is 0 Å². The van der Waals surface area contributed by atoms with Crippen LogP contribution >= 0.6 is 11.6 Å². The van der Waals surface area contributed by atoms with Crippen molar-refractivity contribution in [1.29, 1.82) is 0 Å². The number of halogens is 1. The van der Waals surface area contributed by atoms with Crippen LogP contribution in [0, 0.1) is 5.92 Å². The Morgan fingerprint density at radius 3 is 2.55 bits per heavy atom. The molecule has 1 amide bonds. The predicted octanol–water partition coefficient (Wildman–Crippen LogP) is 3.42. The van der Waals surface area contributed by atoms with Crippen LogP contribution in [0.2, 0.25) is 5.02 Å². The zero-order chi connectivity index (χ0) is 16.3. The number of hydrogen-bond acceptors (Lipinski definition) is 3. The second-order valence-electron chi connectivity index (χ2n) is 5.43. The minimum absolute atomic E-state index is 0.0565. The molecular formula is C16H20ClNO3S. The van der Waals surface area contributed by atoms with Crippen LogP contribution in [0.25, 0.3) is 0 Å². The number of carbonyl (C=O) groups is 1. The van der Waals surface area contributed by atoms with E-state index >= 15 is 0 Å². The molecular weight excluding hydrogens is 322 g/mol. The summed E-state index contributed by atoms with van der Waals surface area (Å²) in [4.78, 5) is 14.4. The van der Waals surface area contributed by atoms with Crippen molar-refractivity contribution < 1.29 is 13.2 Å². The molecule has 0 bridgehead atoms. The maximum Gasteiger partial charge on any atom is 0.230 e. The molecule has 0 spiro atoms. The predicted molar refractivity (Wildman–Crippen MR) is 89.7 cm³/mol. The van der Waals surface area contributed by atoms with E-state index in [2.05, 4.69) is 0 Å². The molecule has 0 fully saturated rings. The summed E-state index contributed by atoms with van der Waals surface area (Å²) in [6, 6.07) is 6.49. The first kappa shape index (κ1) is 17.0. The molecule has 0 saturated carbocycles. The Balaban J connectivity index is 2.41. The van der Waals surface area contributed by atoms with Gasteiger partial charge in [0.15, 0.2) is 9.84 Å². The van der Waals surface area contributed by atoms with Gasteiger partial charge in [0.05, 0.1) is 11.8 Å². The molecule has 4 nitrogen and oxygen atoms in total. The fraction of sp³-hybridized carbons (Fsp3) is 0.438. The van der Waals surface area contributed by atoms with Gasteiger partial charge < -0.3 is 4.90 Å². The standard InChI is InChI=1S/C16H20ClNO3S/c1-3-12(4-2)16(19)18(14-7-5-6-13(17)10-14)15-8-9-22(20,21)11-15/h5-10,12,15H,3-4,11H2,1-2H3. The Morgan fingerprint density at radius 1 is 1.36 bits per heavy atom. The highest BCUT2D eigenvalue weighted by atomic mass is 35.5. The lowest BCUT2D eigenvalue weighted by Crippen LogP contribution is -2.44. The summed E-state index contributed by atoms with van der Waals surface area (Å²) in [6.07, 6.45) is 3.02. The highest BCUT2D eigenvalue weighted by Crippen LogP contribution is 2.28. The molecule has 0 N–H and O–H groups in total. The average Bonchev–Trinajstić information content (AvgIpc) is 2.80. The summed E-state index contributed by atoms with van der Waals surface area (Å²) < 4.78 is 23.4. The van der Waals surface area contributed by atoms with Crippen LogP contribution in [-0.2, 0) is 14.6 Å². The third-order valence-corrected chi connectivity index (χ3v) is 5.51. The second kappa shape index (κ2) is 6.84. The molecule has 0 aromatic heterocycles. The lowest BCUT2D eigenvalue weighted by atomic mass is 10.00. The number of hydrogen-bond donors (Lipinski definition) is 0. The average molecular weight is 342 g/mol. The second-order valence-corrected chi connectivity index (χ2v) is 7.79. The van der Waals surface area contributed by atoms with Gasteiger partial charge in [0.25, 0.3) is 0 Å². The van der Waals surface area contributed by atoms with Crippen molar-refractivity contribution in [1.82, 2.24) is 0 Å². The molecule has 0 saturated heterocycles. The molecule has 1 aliphatic heterocycles. The normalized spacial score (nSPS) is 19.5. The highest BCUT2D eigenvalue weighted by Gasteiger charge is 2.33. The number of sulfone groups is 1. The Labute approximate surface area is 136 Å². The van der Waals surface area contributed by atoms with E-state index in [1.54, 1.807) is 35.2 Å². The quantitative estimate of drug-likeness (QED) is 0.824. The van der Waals surface area contributed by atoms with Gasteiger partial charge in [0.1, 0.15) is 0 Å². The SMILES string of the molecule is CCC(CC)C(=O)N(c1cccc(Cl)c1)C1C=CS(=O)(=O)C1. The van der Waals surface area contributed by atoms with Gasteiger partial charge in [-0.1, -0.05) is 31.5 Å². The van der Waals surface area contributed by atoms with E-state index in [9.17, 15) is 13.2 Å². The molecule has 6 heteroatoms. The summed E-state index contributed by atoms with van der Waals surface area (Å²) in [5, 5.41) is 1.71. The monoisotopic (exact) mass is 341 g/mol. The fourth-order valence-corrected chi connectivity index (χ4v) is 4.12. The molecule has 0 radical (unpaired) electrons. The summed E-state index contributed by atoms with van der Waals surface area (Å²) >= 11 is 6.03. The smallest absolute Gasteiger partial charge is 0.230 e. The van der Waals surface area contributed by atoms with Crippen molar-refractivity contribution in [2.45, 2.75) is 32.7 Å². The van der Waals surface area contributed by atoms with Gasteiger partial charge in [-0.3, -0.25) is 4.79 Å². The molecule has 1 aromatic carbocycles. The third kappa shape index (κ3) is 3.70. The van der Waals surface area contributed by atoms with Gasteiger partial charge in [-0.2, -0.15) is 0 Å². The van der Waals surface area contributed by atoms with Gasteiger partial charge in [-0.15, -0.1) is 0 Å². The molecule has 1 atom stereocenters. The lowest BCUT2D eigenvalue weighted by molar-refractivity contribution is -0.122.